The molecule has 0 radical (unpaired) electrons. The number of hydrogen-bond acceptors (Lipinski definition) is 4. The smallest absolute Gasteiger partial charge is 0.255 e. The molecule has 2 aliphatic rings. The molecule has 0 spiro atoms. The van der Waals surface area contributed by atoms with Crippen molar-refractivity contribution < 1.29 is 9.47 Å². The third kappa shape index (κ3) is 2.01. The van der Waals surface area contributed by atoms with Gasteiger partial charge in [-0.1, -0.05) is 6.07 Å². The van der Waals surface area contributed by atoms with Gasteiger partial charge in [0.05, 0.1) is 5.69 Å². The average Bonchev–Trinajstić information content (AvgIpc) is 3.23. The van der Waals surface area contributed by atoms with Crippen molar-refractivity contribution in [2.45, 2.75) is 25.4 Å². The molecule has 21 heavy (non-hydrogen) atoms. The first-order valence-corrected chi connectivity index (χ1v) is 7.12. The number of pyridine rings is 1. The van der Waals surface area contributed by atoms with Crippen molar-refractivity contribution in [3.05, 3.63) is 46.2 Å². The maximum Gasteiger partial charge on any atom is 0.255 e. The van der Waals surface area contributed by atoms with Crippen LogP contribution in [0.4, 0.5) is 0 Å². The minimum absolute atomic E-state index is 0.0233. The second kappa shape index (κ2) is 4.63. The van der Waals surface area contributed by atoms with Gasteiger partial charge in [-0.3, -0.25) is 4.79 Å². The fraction of sp³-hybridized carbons (Fsp3) is 0.312. The van der Waals surface area contributed by atoms with Crippen LogP contribution >= 0.6 is 0 Å². The van der Waals surface area contributed by atoms with Crippen LogP contribution < -0.4 is 20.8 Å². The maximum absolute atomic E-state index is 12.5. The van der Waals surface area contributed by atoms with Crippen LogP contribution in [-0.4, -0.2) is 11.4 Å². The van der Waals surface area contributed by atoms with Crippen LogP contribution in [0.15, 0.2) is 35.1 Å². The molecule has 1 aromatic heterocycles. The summed E-state index contributed by atoms with van der Waals surface area (Å²) in [5, 5.41) is 0. The van der Waals surface area contributed by atoms with Gasteiger partial charge in [0.25, 0.3) is 5.56 Å². The Hall–Kier alpha value is -2.27. The molecule has 5 nitrogen and oxygen atoms in total. The molecule has 1 fully saturated rings. The van der Waals surface area contributed by atoms with Gasteiger partial charge in [-0.25, -0.2) is 0 Å². The van der Waals surface area contributed by atoms with E-state index in [0.717, 1.165) is 35.6 Å². The monoisotopic (exact) mass is 284 g/mol. The van der Waals surface area contributed by atoms with Gasteiger partial charge in [0, 0.05) is 23.7 Å². The second-order valence-electron chi connectivity index (χ2n) is 5.42. The van der Waals surface area contributed by atoms with Gasteiger partial charge >= 0.3 is 0 Å². The number of nitrogens with zero attached hydrogens (tertiary/aromatic N) is 1. The molecule has 0 bridgehead atoms. The minimum Gasteiger partial charge on any atom is -0.454 e. The van der Waals surface area contributed by atoms with Gasteiger partial charge in [0.1, 0.15) is 0 Å². The third-order valence-corrected chi connectivity index (χ3v) is 4.00. The number of aromatic nitrogens is 1. The standard InChI is InChI=1S/C16H16N2O3/c17-8-11-1-5-13(18(16(11)19)12-3-4-12)10-2-6-14-15(7-10)21-9-20-14/h1-2,5-7,12H,3-4,8-9,17H2. The first-order chi connectivity index (χ1) is 10.3. The first kappa shape index (κ1) is 12.5. The highest BCUT2D eigenvalue weighted by atomic mass is 16.7. The molecule has 0 saturated heterocycles. The lowest BCUT2D eigenvalue weighted by Crippen LogP contribution is -2.25. The van der Waals surface area contributed by atoms with E-state index < -0.39 is 0 Å². The van der Waals surface area contributed by atoms with Crippen LogP contribution in [0.2, 0.25) is 0 Å². The molecule has 1 aromatic carbocycles. The predicted octanol–water partition coefficient (Wildman–Crippen LogP) is 2.04. The summed E-state index contributed by atoms with van der Waals surface area (Å²) in [4.78, 5) is 12.5. The minimum atomic E-state index is 0.0233. The molecule has 4 rings (SSSR count). The molecule has 5 heteroatoms. The molecule has 2 heterocycles. The fourth-order valence-corrected chi connectivity index (χ4v) is 2.74. The summed E-state index contributed by atoms with van der Waals surface area (Å²) in [6, 6.07) is 9.86. The molecule has 108 valence electrons. The number of hydrogen-bond donors (Lipinski definition) is 1. The van der Waals surface area contributed by atoms with Gasteiger partial charge in [-0.2, -0.15) is 0 Å². The number of nitrogens with two attached hydrogens (primary N) is 1. The lowest BCUT2D eigenvalue weighted by atomic mass is 10.1. The Balaban J connectivity index is 1.88. The lowest BCUT2D eigenvalue weighted by molar-refractivity contribution is 0.174. The zero-order valence-corrected chi connectivity index (χ0v) is 11.5. The van der Waals surface area contributed by atoms with Crippen LogP contribution in [-0.2, 0) is 6.54 Å². The van der Waals surface area contributed by atoms with Crippen molar-refractivity contribution >= 4 is 0 Å². The Kier molecular flexibility index (Phi) is 2.75. The van der Waals surface area contributed by atoms with Crippen molar-refractivity contribution in [1.82, 2.24) is 4.57 Å². The molecular weight excluding hydrogens is 268 g/mol. The molecule has 2 aromatic rings. The molecule has 0 unspecified atom stereocenters. The van der Waals surface area contributed by atoms with Crippen LogP contribution in [0.25, 0.3) is 11.3 Å². The Morgan fingerprint density at radius 1 is 1.14 bits per heavy atom. The Morgan fingerprint density at radius 2 is 1.95 bits per heavy atom. The van der Waals surface area contributed by atoms with Crippen LogP contribution in [0.5, 0.6) is 11.5 Å². The summed E-state index contributed by atoms with van der Waals surface area (Å²) in [5.74, 6) is 1.47. The van der Waals surface area contributed by atoms with Crippen molar-refractivity contribution in [1.29, 1.82) is 0 Å². The summed E-state index contributed by atoms with van der Waals surface area (Å²) in [7, 11) is 0. The van der Waals surface area contributed by atoms with Crippen molar-refractivity contribution in [2.24, 2.45) is 5.73 Å². The quantitative estimate of drug-likeness (QED) is 0.936. The maximum atomic E-state index is 12.5. The molecular formula is C16H16N2O3. The SMILES string of the molecule is NCc1ccc(-c2ccc3c(c2)OCO3)n(C2CC2)c1=O. The van der Waals surface area contributed by atoms with E-state index in [1.165, 1.54) is 0 Å². The molecule has 0 amide bonds. The molecule has 2 N–H and O–H groups in total. The summed E-state index contributed by atoms with van der Waals surface area (Å²) in [6.07, 6.45) is 2.09. The van der Waals surface area contributed by atoms with Crippen molar-refractivity contribution in [2.75, 3.05) is 6.79 Å². The van der Waals surface area contributed by atoms with Crippen molar-refractivity contribution in [3.8, 4) is 22.8 Å². The predicted molar refractivity (Wildman–Crippen MR) is 78.4 cm³/mol. The number of fused-ring (bicyclic) bond motifs is 1. The van der Waals surface area contributed by atoms with E-state index in [0.29, 0.717) is 11.6 Å². The number of benzene rings is 1. The van der Waals surface area contributed by atoms with Gasteiger partial charge < -0.3 is 19.8 Å². The summed E-state index contributed by atoms with van der Waals surface area (Å²) in [6.45, 7) is 0.521. The van der Waals surface area contributed by atoms with Crippen LogP contribution in [0.3, 0.4) is 0 Å². The molecule has 0 atom stereocenters. The average molecular weight is 284 g/mol. The molecule has 1 aliphatic heterocycles. The van der Waals surface area contributed by atoms with E-state index in [2.05, 4.69) is 0 Å². The Morgan fingerprint density at radius 3 is 2.71 bits per heavy atom. The third-order valence-electron chi connectivity index (χ3n) is 4.00. The van der Waals surface area contributed by atoms with E-state index in [9.17, 15) is 4.79 Å². The highest BCUT2D eigenvalue weighted by molar-refractivity contribution is 5.65. The van der Waals surface area contributed by atoms with E-state index in [4.69, 9.17) is 15.2 Å². The Labute approximate surface area is 121 Å². The number of rotatable bonds is 3. The lowest BCUT2D eigenvalue weighted by Gasteiger charge is -2.14. The Bertz CT molecular complexity index is 763. The van der Waals surface area contributed by atoms with Crippen LogP contribution in [0.1, 0.15) is 24.4 Å². The van der Waals surface area contributed by atoms with Gasteiger partial charge in [-0.05, 0) is 37.1 Å². The molecule has 1 aliphatic carbocycles. The van der Waals surface area contributed by atoms with E-state index in [1.807, 2.05) is 34.9 Å². The first-order valence-electron chi connectivity index (χ1n) is 7.12. The summed E-state index contributed by atoms with van der Waals surface area (Å²) < 4.78 is 12.6. The summed E-state index contributed by atoms with van der Waals surface area (Å²) >= 11 is 0. The van der Waals surface area contributed by atoms with Gasteiger partial charge in [-0.15, -0.1) is 0 Å². The van der Waals surface area contributed by atoms with Crippen molar-refractivity contribution in [3.63, 3.8) is 0 Å². The van der Waals surface area contributed by atoms with E-state index >= 15 is 0 Å². The van der Waals surface area contributed by atoms with Gasteiger partial charge in [0.2, 0.25) is 6.79 Å². The fourth-order valence-electron chi connectivity index (χ4n) is 2.74. The van der Waals surface area contributed by atoms with Crippen LogP contribution in [0, 0.1) is 0 Å². The summed E-state index contributed by atoms with van der Waals surface area (Å²) in [5.41, 5.74) is 8.21. The second-order valence-corrected chi connectivity index (χ2v) is 5.42. The van der Waals surface area contributed by atoms with E-state index in [-0.39, 0.29) is 18.9 Å². The van der Waals surface area contributed by atoms with E-state index in [1.54, 1.807) is 0 Å². The number of ether oxygens (including phenoxy) is 2. The zero-order valence-electron chi connectivity index (χ0n) is 11.5. The molecule has 1 saturated carbocycles. The zero-order chi connectivity index (χ0) is 14.4. The largest absolute Gasteiger partial charge is 0.454 e. The highest BCUT2D eigenvalue weighted by Gasteiger charge is 2.28. The van der Waals surface area contributed by atoms with Gasteiger partial charge in [0.15, 0.2) is 11.5 Å². The topological polar surface area (TPSA) is 66.5 Å². The highest BCUT2D eigenvalue weighted by Crippen LogP contribution is 2.40. The normalized spacial score (nSPS) is 16.2.